The van der Waals surface area contributed by atoms with Crippen molar-refractivity contribution in [3.8, 4) is 0 Å². The third-order valence-corrected chi connectivity index (χ3v) is 6.77. The molecule has 2 atom stereocenters. The van der Waals surface area contributed by atoms with Crippen LogP contribution in [0.4, 0.5) is 0 Å². The summed E-state index contributed by atoms with van der Waals surface area (Å²) in [5, 5.41) is 2.96. The number of hydrogen-bond acceptors (Lipinski definition) is 3. The molecular formula is C13H27NO2S. The minimum Gasteiger partial charge on any atom is -0.313 e. The molecule has 17 heavy (non-hydrogen) atoms. The highest BCUT2D eigenvalue weighted by Crippen LogP contribution is 2.27. The Hall–Kier alpha value is -0.0900. The molecule has 0 saturated heterocycles. The lowest BCUT2D eigenvalue weighted by Crippen LogP contribution is -2.45. The first-order valence-electron chi connectivity index (χ1n) is 7.00. The molecule has 0 aliphatic heterocycles. The molecule has 0 heterocycles. The van der Waals surface area contributed by atoms with Gasteiger partial charge in [-0.25, -0.2) is 8.42 Å². The fourth-order valence-corrected chi connectivity index (χ4v) is 5.17. The van der Waals surface area contributed by atoms with Crippen molar-refractivity contribution in [1.82, 2.24) is 5.32 Å². The molecule has 1 N–H and O–H groups in total. The Labute approximate surface area is 106 Å². The first-order valence-corrected chi connectivity index (χ1v) is 8.61. The second-order valence-electron chi connectivity index (χ2n) is 5.13. The van der Waals surface area contributed by atoms with E-state index in [1.165, 1.54) is 6.42 Å². The molecule has 1 aliphatic carbocycles. The maximum absolute atomic E-state index is 12.5. The lowest BCUT2D eigenvalue weighted by molar-refractivity contribution is 0.451. The van der Waals surface area contributed by atoms with E-state index in [-0.39, 0.29) is 16.5 Å². The molecule has 0 bridgehead atoms. The number of rotatable bonds is 6. The summed E-state index contributed by atoms with van der Waals surface area (Å²) in [7, 11) is -2.96. The monoisotopic (exact) mass is 261 g/mol. The molecule has 0 amide bonds. The van der Waals surface area contributed by atoms with Gasteiger partial charge in [0.25, 0.3) is 0 Å². The summed E-state index contributed by atoms with van der Waals surface area (Å²) in [6.45, 7) is 6.80. The minimum absolute atomic E-state index is 0.0843. The van der Waals surface area contributed by atoms with E-state index in [0.29, 0.717) is 0 Å². The van der Waals surface area contributed by atoms with Gasteiger partial charge in [-0.15, -0.1) is 0 Å². The Balaban J connectivity index is 2.73. The van der Waals surface area contributed by atoms with Crippen LogP contribution in [0.5, 0.6) is 0 Å². The summed E-state index contributed by atoms with van der Waals surface area (Å²) in [4.78, 5) is 0. The second kappa shape index (κ2) is 6.74. The molecule has 0 aromatic heterocycles. The van der Waals surface area contributed by atoms with Gasteiger partial charge in [-0.3, -0.25) is 0 Å². The molecule has 0 aromatic rings. The summed E-state index contributed by atoms with van der Waals surface area (Å²) in [6.07, 6.45) is 5.97. The molecule has 0 spiro atoms. The minimum atomic E-state index is -2.96. The van der Waals surface area contributed by atoms with Crippen LogP contribution in [-0.2, 0) is 9.84 Å². The highest BCUT2D eigenvalue weighted by atomic mass is 32.2. The predicted octanol–water partition coefficient (Wildman–Crippen LogP) is 2.51. The molecule has 2 unspecified atom stereocenters. The van der Waals surface area contributed by atoms with E-state index in [1.54, 1.807) is 0 Å². The highest BCUT2D eigenvalue weighted by molar-refractivity contribution is 7.92. The Morgan fingerprint density at radius 1 is 1.18 bits per heavy atom. The second-order valence-corrected chi connectivity index (χ2v) is 7.71. The summed E-state index contributed by atoms with van der Waals surface area (Å²) in [6, 6.07) is 0.104. The van der Waals surface area contributed by atoms with Crippen LogP contribution >= 0.6 is 0 Å². The van der Waals surface area contributed by atoms with Crippen LogP contribution in [-0.4, -0.2) is 31.5 Å². The van der Waals surface area contributed by atoms with E-state index in [2.05, 4.69) is 12.2 Å². The van der Waals surface area contributed by atoms with Crippen molar-refractivity contribution >= 4 is 9.84 Å². The van der Waals surface area contributed by atoms with Gasteiger partial charge in [0.15, 0.2) is 9.84 Å². The van der Waals surface area contributed by atoms with Gasteiger partial charge in [-0.2, -0.15) is 0 Å². The lowest BCUT2D eigenvalue weighted by atomic mass is 10.0. The average molecular weight is 261 g/mol. The molecule has 3 nitrogen and oxygen atoms in total. The Morgan fingerprint density at radius 3 is 2.24 bits per heavy atom. The van der Waals surface area contributed by atoms with Crippen molar-refractivity contribution in [2.45, 2.75) is 75.8 Å². The SMILES string of the molecule is CCNC(CC)C(C)S(=O)(=O)C1CCCCC1. The van der Waals surface area contributed by atoms with Gasteiger partial charge in [-0.1, -0.05) is 33.1 Å². The van der Waals surface area contributed by atoms with Crippen molar-refractivity contribution in [3.63, 3.8) is 0 Å². The van der Waals surface area contributed by atoms with Crippen LogP contribution in [0.15, 0.2) is 0 Å². The maximum atomic E-state index is 12.5. The summed E-state index contributed by atoms with van der Waals surface area (Å²) in [5.74, 6) is 0. The zero-order valence-corrected chi connectivity index (χ0v) is 12.2. The fraction of sp³-hybridized carbons (Fsp3) is 1.00. The first kappa shape index (κ1) is 15.0. The average Bonchev–Trinajstić information content (AvgIpc) is 2.36. The molecule has 1 saturated carbocycles. The van der Waals surface area contributed by atoms with Gasteiger partial charge in [0.1, 0.15) is 0 Å². The molecule has 0 radical (unpaired) electrons. The van der Waals surface area contributed by atoms with Crippen molar-refractivity contribution in [3.05, 3.63) is 0 Å². The van der Waals surface area contributed by atoms with Gasteiger partial charge in [0.05, 0.1) is 10.5 Å². The summed E-state index contributed by atoms with van der Waals surface area (Å²) < 4.78 is 25.0. The highest BCUT2D eigenvalue weighted by Gasteiger charge is 2.35. The molecule has 0 aromatic carbocycles. The summed E-state index contributed by atoms with van der Waals surface area (Å²) in [5.41, 5.74) is 0. The van der Waals surface area contributed by atoms with Crippen LogP contribution in [0.1, 0.15) is 59.3 Å². The van der Waals surface area contributed by atoms with E-state index >= 15 is 0 Å². The van der Waals surface area contributed by atoms with E-state index in [1.807, 2.05) is 13.8 Å². The fourth-order valence-electron chi connectivity index (χ4n) is 2.83. The van der Waals surface area contributed by atoms with E-state index < -0.39 is 9.84 Å². The van der Waals surface area contributed by atoms with Gasteiger partial charge in [-0.05, 0) is 32.7 Å². The van der Waals surface area contributed by atoms with E-state index in [9.17, 15) is 8.42 Å². The Morgan fingerprint density at radius 2 is 1.76 bits per heavy atom. The number of hydrogen-bond donors (Lipinski definition) is 1. The van der Waals surface area contributed by atoms with Gasteiger partial charge < -0.3 is 5.32 Å². The van der Waals surface area contributed by atoms with Crippen LogP contribution in [0, 0.1) is 0 Å². The van der Waals surface area contributed by atoms with E-state index in [4.69, 9.17) is 0 Å². The van der Waals surface area contributed by atoms with Crippen molar-refractivity contribution in [2.24, 2.45) is 0 Å². The largest absolute Gasteiger partial charge is 0.313 e. The lowest BCUT2D eigenvalue weighted by Gasteiger charge is -2.29. The summed E-state index contributed by atoms with van der Waals surface area (Å²) >= 11 is 0. The van der Waals surface area contributed by atoms with Crippen LogP contribution < -0.4 is 5.32 Å². The quantitative estimate of drug-likeness (QED) is 0.799. The van der Waals surface area contributed by atoms with Crippen molar-refractivity contribution in [2.75, 3.05) is 6.54 Å². The van der Waals surface area contributed by atoms with Crippen LogP contribution in [0.3, 0.4) is 0 Å². The Bertz CT molecular complexity index is 307. The molecule has 1 fully saturated rings. The molecule has 102 valence electrons. The molecule has 4 heteroatoms. The molecule has 1 aliphatic rings. The molecule has 1 rings (SSSR count). The van der Waals surface area contributed by atoms with Crippen molar-refractivity contribution < 1.29 is 8.42 Å². The number of nitrogens with one attached hydrogen (secondary N) is 1. The zero-order valence-electron chi connectivity index (χ0n) is 11.4. The molecular weight excluding hydrogens is 234 g/mol. The van der Waals surface area contributed by atoms with E-state index in [0.717, 1.165) is 38.6 Å². The van der Waals surface area contributed by atoms with Gasteiger partial charge >= 0.3 is 0 Å². The standard InChI is InChI=1S/C13H27NO2S/c1-4-13(14-5-2)11(3)17(15,16)12-9-7-6-8-10-12/h11-14H,4-10H2,1-3H3. The smallest absolute Gasteiger partial charge is 0.157 e. The first-order chi connectivity index (χ1) is 8.04. The zero-order chi connectivity index (χ0) is 12.9. The van der Waals surface area contributed by atoms with Crippen molar-refractivity contribution in [1.29, 1.82) is 0 Å². The predicted molar refractivity (Wildman–Crippen MR) is 73.0 cm³/mol. The number of sulfone groups is 1. The van der Waals surface area contributed by atoms with Gasteiger partial charge in [0.2, 0.25) is 0 Å². The normalized spacial score (nSPS) is 22.3. The maximum Gasteiger partial charge on any atom is 0.157 e. The Kier molecular flexibility index (Phi) is 5.93. The van der Waals surface area contributed by atoms with Crippen LogP contribution in [0.25, 0.3) is 0 Å². The third kappa shape index (κ3) is 3.68. The topological polar surface area (TPSA) is 46.2 Å². The van der Waals surface area contributed by atoms with Gasteiger partial charge in [0, 0.05) is 6.04 Å². The van der Waals surface area contributed by atoms with Crippen LogP contribution in [0.2, 0.25) is 0 Å². The third-order valence-electron chi connectivity index (χ3n) is 4.01.